The van der Waals surface area contributed by atoms with E-state index in [4.69, 9.17) is 4.74 Å². The van der Waals surface area contributed by atoms with Crippen LogP contribution in [0, 0.1) is 0 Å². The van der Waals surface area contributed by atoms with Gasteiger partial charge in [-0.25, -0.2) is 0 Å². The fourth-order valence-electron chi connectivity index (χ4n) is 1.71. The van der Waals surface area contributed by atoms with E-state index >= 15 is 0 Å². The molecule has 0 saturated carbocycles. The smallest absolute Gasteiger partial charge is 0.120 e. The number of phenolic OH excluding ortho intramolecular Hbond substituents is 1. The molecule has 2 rings (SSSR count). The van der Waals surface area contributed by atoms with Crippen LogP contribution in [0.4, 0.5) is 0 Å². The largest absolute Gasteiger partial charge is 0.508 e. The van der Waals surface area contributed by atoms with Crippen LogP contribution in [0.15, 0.2) is 48.5 Å². The predicted molar refractivity (Wildman–Crippen MR) is 69.3 cm³/mol. The van der Waals surface area contributed by atoms with Crippen molar-refractivity contribution >= 4 is 0 Å². The Bertz CT molecular complexity index is 504. The first kappa shape index (κ1) is 11.5. The van der Waals surface area contributed by atoms with Gasteiger partial charge in [0.25, 0.3) is 0 Å². The maximum absolute atomic E-state index is 9.46. The Morgan fingerprint density at radius 2 is 1.59 bits per heavy atom. The minimum atomic E-state index is 0.162. The van der Waals surface area contributed by atoms with E-state index in [0.29, 0.717) is 0 Å². The summed E-state index contributed by atoms with van der Waals surface area (Å²) in [5.41, 5.74) is 2.03. The van der Waals surface area contributed by atoms with Crippen LogP contribution >= 0.6 is 0 Å². The number of ether oxygens (including phenoxy) is 1. The quantitative estimate of drug-likeness (QED) is 0.864. The Labute approximate surface area is 101 Å². The van der Waals surface area contributed by atoms with Gasteiger partial charge in [-0.2, -0.15) is 0 Å². The molecule has 0 fully saturated rings. The molecule has 17 heavy (non-hydrogen) atoms. The van der Waals surface area contributed by atoms with Gasteiger partial charge in [0.1, 0.15) is 11.5 Å². The molecule has 88 valence electrons. The van der Waals surface area contributed by atoms with Gasteiger partial charge in [-0.1, -0.05) is 24.3 Å². The summed E-state index contributed by atoms with van der Waals surface area (Å²) >= 11 is 0. The number of hydrogen-bond donors (Lipinski definition) is 1. The zero-order valence-corrected chi connectivity index (χ0v) is 10.1. The van der Waals surface area contributed by atoms with Crippen LogP contribution in [0.2, 0.25) is 0 Å². The lowest BCUT2D eigenvalue weighted by molar-refractivity contribution is 0.242. The van der Waals surface area contributed by atoms with E-state index < -0.39 is 0 Å². The highest BCUT2D eigenvalue weighted by atomic mass is 16.5. The van der Waals surface area contributed by atoms with Gasteiger partial charge in [0, 0.05) is 0 Å². The van der Waals surface area contributed by atoms with E-state index in [1.165, 1.54) is 0 Å². The van der Waals surface area contributed by atoms with Crippen LogP contribution in [0.25, 0.3) is 11.1 Å². The second kappa shape index (κ2) is 4.91. The third kappa shape index (κ3) is 3.00. The van der Waals surface area contributed by atoms with Crippen molar-refractivity contribution in [1.82, 2.24) is 0 Å². The zero-order valence-electron chi connectivity index (χ0n) is 10.1. The molecule has 0 heterocycles. The van der Waals surface area contributed by atoms with Gasteiger partial charge < -0.3 is 9.84 Å². The summed E-state index contributed by atoms with van der Waals surface area (Å²) in [5.74, 6) is 1.12. The molecular weight excluding hydrogens is 212 g/mol. The summed E-state index contributed by atoms with van der Waals surface area (Å²) < 4.78 is 5.64. The minimum Gasteiger partial charge on any atom is -0.508 e. The van der Waals surface area contributed by atoms with Gasteiger partial charge in [-0.15, -0.1) is 0 Å². The van der Waals surface area contributed by atoms with E-state index in [1.807, 2.05) is 50.2 Å². The predicted octanol–water partition coefficient (Wildman–Crippen LogP) is 3.85. The van der Waals surface area contributed by atoms with Crippen LogP contribution in [0.3, 0.4) is 0 Å². The van der Waals surface area contributed by atoms with Crippen LogP contribution in [0.5, 0.6) is 11.5 Å². The first-order valence-corrected chi connectivity index (χ1v) is 5.71. The molecule has 0 amide bonds. The molecule has 2 aromatic carbocycles. The normalized spacial score (nSPS) is 10.5. The van der Waals surface area contributed by atoms with Gasteiger partial charge in [-0.05, 0) is 49.2 Å². The Morgan fingerprint density at radius 3 is 2.24 bits per heavy atom. The molecule has 0 aliphatic rings. The molecular formula is C15H16O2. The number of hydrogen-bond acceptors (Lipinski definition) is 2. The summed E-state index contributed by atoms with van der Waals surface area (Å²) in [5, 5.41) is 9.46. The average Bonchev–Trinajstić information content (AvgIpc) is 2.28. The zero-order chi connectivity index (χ0) is 12.3. The van der Waals surface area contributed by atoms with Crippen molar-refractivity contribution in [3.8, 4) is 22.6 Å². The summed E-state index contributed by atoms with van der Waals surface area (Å²) in [4.78, 5) is 0. The van der Waals surface area contributed by atoms with Gasteiger partial charge in [-0.3, -0.25) is 0 Å². The fraction of sp³-hybridized carbons (Fsp3) is 0.200. The Kier molecular flexibility index (Phi) is 3.33. The van der Waals surface area contributed by atoms with Crippen molar-refractivity contribution in [1.29, 1.82) is 0 Å². The monoisotopic (exact) mass is 228 g/mol. The Hall–Kier alpha value is -1.96. The summed E-state index contributed by atoms with van der Waals surface area (Å²) in [6, 6.07) is 15.1. The van der Waals surface area contributed by atoms with Gasteiger partial charge in [0.2, 0.25) is 0 Å². The molecule has 2 aromatic rings. The molecule has 0 radical (unpaired) electrons. The Morgan fingerprint density at radius 1 is 0.941 bits per heavy atom. The number of benzene rings is 2. The van der Waals surface area contributed by atoms with Crippen molar-refractivity contribution in [2.75, 3.05) is 0 Å². The number of rotatable bonds is 3. The lowest BCUT2D eigenvalue weighted by Gasteiger charge is -2.11. The molecule has 0 unspecified atom stereocenters. The van der Waals surface area contributed by atoms with Crippen molar-refractivity contribution in [3.63, 3.8) is 0 Å². The standard InChI is InChI=1S/C15H16O2/c1-11(2)17-15-8-4-6-13(10-15)12-5-3-7-14(16)9-12/h3-11,16H,1-2H3. The molecule has 2 nitrogen and oxygen atoms in total. The fourth-order valence-corrected chi connectivity index (χ4v) is 1.71. The molecule has 1 N–H and O–H groups in total. The first-order chi connectivity index (χ1) is 8.15. The molecule has 0 bridgehead atoms. The molecule has 0 atom stereocenters. The van der Waals surface area contributed by atoms with Gasteiger partial charge in [0.05, 0.1) is 6.10 Å². The van der Waals surface area contributed by atoms with Crippen molar-refractivity contribution in [2.45, 2.75) is 20.0 Å². The Balaban J connectivity index is 2.33. The third-order valence-corrected chi connectivity index (χ3v) is 2.39. The van der Waals surface area contributed by atoms with E-state index in [0.717, 1.165) is 16.9 Å². The SMILES string of the molecule is CC(C)Oc1cccc(-c2cccc(O)c2)c1. The highest BCUT2D eigenvalue weighted by Gasteiger charge is 2.02. The summed E-state index contributed by atoms with van der Waals surface area (Å²) in [6.07, 6.45) is 0.162. The van der Waals surface area contributed by atoms with Crippen molar-refractivity contribution in [3.05, 3.63) is 48.5 Å². The maximum Gasteiger partial charge on any atom is 0.120 e. The van der Waals surface area contributed by atoms with Crippen LogP contribution in [-0.2, 0) is 0 Å². The molecule has 2 heteroatoms. The highest BCUT2D eigenvalue weighted by molar-refractivity contribution is 5.66. The molecule has 0 aromatic heterocycles. The summed E-state index contributed by atoms with van der Waals surface area (Å²) in [6.45, 7) is 4.00. The average molecular weight is 228 g/mol. The van der Waals surface area contributed by atoms with E-state index in [-0.39, 0.29) is 11.9 Å². The van der Waals surface area contributed by atoms with Crippen LogP contribution in [-0.4, -0.2) is 11.2 Å². The number of phenols is 1. The highest BCUT2D eigenvalue weighted by Crippen LogP contribution is 2.26. The maximum atomic E-state index is 9.46. The summed E-state index contributed by atoms with van der Waals surface area (Å²) in [7, 11) is 0. The minimum absolute atomic E-state index is 0.162. The number of aromatic hydroxyl groups is 1. The van der Waals surface area contributed by atoms with Crippen LogP contribution in [0.1, 0.15) is 13.8 Å². The van der Waals surface area contributed by atoms with Gasteiger partial charge in [0.15, 0.2) is 0 Å². The topological polar surface area (TPSA) is 29.5 Å². The second-order valence-corrected chi connectivity index (χ2v) is 4.24. The lowest BCUT2D eigenvalue weighted by atomic mass is 10.1. The third-order valence-electron chi connectivity index (χ3n) is 2.39. The van der Waals surface area contributed by atoms with Crippen molar-refractivity contribution < 1.29 is 9.84 Å². The first-order valence-electron chi connectivity index (χ1n) is 5.71. The second-order valence-electron chi connectivity index (χ2n) is 4.24. The molecule has 0 spiro atoms. The molecule has 0 aliphatic heterocycles. The van der Waals surface area contributed by atoms with Crippen molar-refractivity contribution in [2.24, 2.45) is 0 Å². The molecule has 0 saturated heterocycles. The lowest BCUT2D eigenvalue weighted by Crippen LogP contribution is -2.05. The van der Waals surface area contributed by atoms with E-state index in [9.17, 15) is 5.11 Å². The van der Waals surface area contributed by atoms with E-state index in [1.54, 1.807) is 12.1 Å². The van der Waals surface area contributed by atoms with Gasteiger partial charge >= 0.3 is 0 Å². The van der Waals surface area contributed by atoms with Crippen LogP contribution < -0.4 is 4.74 Å². The molecule has 0 aliphatic carbocycles. The van der Waals surface area contributed by atoms with E-state index in [2.05, 4.69) is 0 Å².